The third kappa shape index (κ3) is 5.80. The van der Waals surface area contributed by atoms with Crippen molar-refractivity contribution in [3.05, 3.63) is 11.9 Å². The monoisotopic (exact) mass is 284 g/mol. The maximum Gasteiger partial charge on any atom is 0.325 e. The number of carbonyl (C=O) groups is 3. The normalized spacial score (nSPS) is 11.7. The van der Waals surface area contributed by atoms with Crippen molar-refractivity contribution in [2.45, 2.75) is 32.5 Å². The summed E-state index contributed by atoms with van der Waals surface area (Å²) in [4.78, 5) is 32.6. The van der Waals surface area contributed by atoms with Gasteiger partial charge in [-0.2, -0.15) is 0 Å². The molecule has 3 amide bonds. The van der Waals surface area contributed by atoms with Crippen LogP contribution in [-0.4, -0.2) is 44.0 Å². The minimum atomic E-state index is -1.03. The van der Waals surface area contributed by atoms with E-state index in [1.165, 1.54) is 6.20 Å². The van der Waals surface area contributed by atoms with Crippen LogP contribution in [0.3, 0.4) is 0 Å². The number of nitrogens with one attached hydrogen (secondary N) is 2. The zero-order valence-corrected chi connectivity index (χ0v) is 10.9. The Bertz CT molecular complexity index is 500. The molecule has 1 rings (SSSR count). The molecule has 5 N–H and O–H groups in total. The molecule has 0 aromatic carbocycles. The van der Waals surface area contributed by atoms with E-state index in [0.717, 1.165) is 4.68 Å². The quantitative estimate of drug-likeness (QED) is 0.474. The number of carboxylic acid groups (broad SMARTS) is 1. The van der Waals surface area contributed by atoms with Crippen molar-refractivity contribution in [3.63, 3.8) is 0 Å². The van der Waals surface area contributed by atoms with Crippen molar-refractivity contribution in [1.29, 1.82) is 0 Å². The highest BCUT2D eigenvalue weighted by Gasteiger charge is 2.10. The molecule has 0 radical (unpaired) electrons. The number of amides is 3. The van der Waals surface area contributed by atoms with E-state index < -0.39 is 17.9 Å². The Balaban J connectivity index is 2.35. The third-order valence-electron chi connectivity index (χ3n) is 2.20. The zero-order chi connectivity index (χ0) is 15.1. The van der Waals surface area contributed by atoms with Crippen LogP contribution < -0.4 is 16.4 Å². The van der Waals surface area contributed by atoms with Gasteiger partial charge in [-0.25, -0.2) is 9.48 Å². The summed E-state index contributed by atoms with van der Waals surface area (Å²) in [6, 6.07) is -0.860. The summed E-state index contributed by atoms with van der Waals surface area (Å²) in [5, 5.41) is 20.9. The standard InChI is InChI=1S/C10H16N6O4/c1-6(2-8(11)17)13-10(20)12-3-7-4-16(15-14-7)5-9(18)19/h4,6H,2-3,5H2,1H3,(H2,11,17)(H,18,19)(H2,12,13,20). The van der Waals surface area contributed by atoms with Gasteiger partial charge < -0.3 is 21.5 Å². The van der Waals surface area contributed by atoms with Gasteiger partial charge in [0.25, 0.3) is 0 Å². The second-order valence-electron chi connectivity index (χ2n) is 4.20. The average Bonchev–Trinajstić information content (AvgIpc) is 2.71. The number of urea groups is 1. The summed E-state index contributed by atoms with van der Waals surface area (Å²) in [5.74, 6) is -1.54. The molecule has 0 bridgehead atoms. The molecule has 1 unspecified atom stereocenters. The van der Waals surface area contributed by atoms with E-state index in [4.69, 9.17) is 10.8 Å². The smallest absolute Gasteiger partial charge is 0.325 e. The predicted octanol–water partition coefficient (Wildman–Crippen LogP) is -1.57. The topological polar surface area (TPSA) is 152 Å². The van der Waals surface area contributed by atoms with Crippen LogP contribution >= 0.6 is 0 Å². The minimum Gasteiger partial charge on any atom is -0.480 e. The molecular weight excluding hydrogens is 268 g/mol. The molecule has 1 heterocycles. The van der Waals surface area contributed by atoms with E-state index in [1.54, 1.807) is 6.92 Å². The SMILES string of the molecule is CC(CC(N)=O)NC(=O)NCc1cn(CC(=O)O)nn1. The fourth-order valence-electron chi connectivity index (χ4n) is 1.43. The van der Waals surface area contributed by atoms with E-state index >= 15 is 0 Å². The summed E-state index contributed by atoms with van der Waals surface area (Å²) in [6.45, 7) is 1.44. The molecule has 1 atom stereocenters. The van der Waals surface area contributed by atoms with Gasteiger partial charge in [-0.1, -0.05) is 5.21 Å². The first kappa shape index (κ1) is 15.4. The van der Waals surface area contributed by atoms with Crippen molar-refractivity contribution < 1.29 is 19.5 Å². The fraction of sp³-hybridized carbons (Fsp3) is 0.500. The van der Waals surface area contributed by atoms with Crippen LogP contribution in [0.4, 0.5) is 4.79 Å². The van der Waals surface area contributed by atoms with Crippen LogP contribution in [0.15, 0.2) is 6.20 Å². The lowest BCUT2D eigenvalue weighted by Gasteiger charge is -2.12. The summed E-state index contributed by atoms with van der Waals surface area (Å²) < 4.78 is 1.15. The molecule has 110 valence electrons. The second-order valence-corrected chi connectivity index (χ2v) is 4.20. The van der Waals surface area contributed by atoms with Crippen LogP contribution in [0.1, 0.15) is 19.0 Å². The van der Waals surface area contributed by atoms with Crippen LogP contribution in [0.2, 0.25) is 0 Å². The lowest BCUT2D eigenvalue weighted by molar-refractivity contribution is -0.137. The molecule has 0 aliphatic carbocycles. The first-order chi connectivity index (χ1) is 9.36. The summed E-state index contributed by atoms with van der Waals surface area (Å²) in [6.07, 6.45) is 1.46. The van der Waals surface area contributed by atoms with Gasteiger partial charge in [0, 0.05) is 12.5 Å². The van der Waals surface area contributed by atoms with Gasteiger partial charge in [0.05, 0.1) is 12.7 Å². The first-order valence-corrected chi connectivity index (χ1v) is 5.80. The number of nitrogens with two attached hydrogens (primary N) is 1. The highest BCUT2D eigenvalue weighted by molar-refractivity contribution is 5.77. The average molecular weight is 284 g/mol. The largest absolute Gasteiger partial charge is 0.480 e. The van der Waals surface area contributed by atoms with Gasteiger partial charge in [0.2, 0.25) is 5.91 Å². The maximum absolute atomic E-state index is 11.5. The number of carbonyl (C=O) groups excluding carboxylic acids is 2. The maximum atomic E-state index is 11.5. The Morgan fingerprint density at radius 2 is 2.20 bits per heavy atom. The Labute approximate surface area is 114 Å². The van der Waals surface area contributed by atoms with E-state index in [0.29, 0.717) is 5.69 Å². The zero-order valence-electron chi connectivity index (χ0n) is 10.9. The van der Waals surface area contributed by atoms with Crippen LogP contribution in [0.5, 0.6) is 0 Å². The Hall–Kier alpha value is -2.65. The van der Waals surface area contributed by atoms with Crippen LogP contribution in [0, 0.1) is 0 Å². The van der Waals surface area contributed by atoms with Crippen LogP contribution in [-0.2, 0) is 22.7 Å². The van der Waals surface area contributed by atoms with E-state index in [-0.39, 0.29) is 25.6 Å². The molecule has 0 saturated carbocycles. The summed E-state index contributed by atoms with van der Waals surface area (Å²) in [5.41, 5.74) is 5.42. The molecule has 10 heteroatoms. The molecule has 0 aliphatic rings. The van der Waals surface area contributed by atoms with E-state index in [2.05, 4.69) is 20.9 Å². The number of aliphatic carboxylic acids is 1. The fourth-order valence-corrected chi connectivity index (χ4v) is 1.43. The van der Waals surface area contributed by atoms with Gasteiger partial charge in [-0.15, -0.1) is 5.10 Å². The van der Waals surface area contributed by atoms with Gasteiger partial charge in [-0.3, -0.25) is 9.59 Å². The predicted molar refractivity (Wildman–Crippen MR) is 66.3 cm³/mol. The van der Waals surface area contributed by atoms with Crippen molar-refractivity contribution in [3.8, 4) is 0 Å². The number of carboxylic acids is 1. The lowest BCUT2D eigenvalue weighted by atomic mass is 10.2. The number of hydrogen-bond acceptors (Lipinski definition) is 5. The molecular formula is C10H16N6O4. The van der Waals surface area contributed by atoms with Crippen molar-refractivity contribution in [1.82, 2.24) is 25.6 Å². The number of primary amides is 1. The highest BCUT2D eigenvalue weighted by Crippen LogP contribution is 1.93. The molecule has 20 heavy (non-hydrogen) atoms. The lowest BCUT2D eigenvalue weighted by Crippen LogP contribution is -2.42. The van der Waals surface area contributed by atoms with Gasteiger partial charge >= 0.3 is 12.0 Å². The van der Waals surface area contributed by atoms with Gasteiger partial charge in [0.15, 0.2) is 0 Å². The number of aromatic nitrogens is 3. The number of nitrogens with zero attached hydrogens (tertiary/aromatic N) is 3. The van der Waals surface area contributed by atoms with Gasteiger partial charge in [-0.05, 0) is 6.92 Å². The summed E-state index contributed by atoms with van der Waals surface area (Å²) >= 11 is 0. The molecule has 1 aromatic rings. The third-order valence-corrected chi connectivity index (χ3v) is 2.20. The van der Waals surface area contributed by atoms with E-state index in [9.17, 15) is 14.4 Å². The molecule has 0 spiro atoms. The molecule has 1 aromatic heterocycles. The summed E-state index contributed by atoms with van der Waals surface area (Å²) in [7, 11) is 0. The molecule has 0 saturated heterocycles. The minimum absolute atomic E-state index is 0.0439. The highest BCUT2D eigenvalue weighted by atomic mass is 16.4. The second kappa shape index (κ2) is 7.07. The molecule has 0 aliphatic heterocycles. The number of rotatable bonds is 7. The van der Waals surface area contributed by atoms with Crippen LogP contribution in [0.25, 0.3) is 0 Å². The molecule has 0 fully saturated rings. The van der Waals surface area contributed by atoms with E-state index in [1.807, 2.05) is 0 Å². The Morgan fingerprint density at radius 1 is 1.50 bits per heavy atom. The van der Waals surface area contributed by atoms with Crippen molar-refractivity contribution in [2.75, 3.05) is 0 Å². The number of hydrogen-bond donors (Lipinski definition) is 4. The van der Waals surface area contributed by atoms with Gasteiger partial charge in [0.1, 0.15) is 12.2 Å². The van der Waals surface area contributed by atoms with Crippen molar-refractivity contribution >= 4 is 17.9 Å². The van der Waals surface area contributed by atoms with Crippen molar-refractivity contribution in [2.24, 2.45) is 5.73 Å². The first-order valence-electron chi connectivity index (χ1n) is 5.80. The molecule has 10 nitrogen and oxygen atoms in total. The Morgan fingerprint density at radius 3 is 2.80 bits per heavy atom. The Kier molecular flexibility index (Phi) is 5.44.